The van der Waals surface area contributed by atoms with Gasteiger partial charge in [0.1, 0.15) is 15.9 Å². The monoisotopic (exact) mass is 759 g/mol. The maximum atomic E-state index is 7.16. The molecule has 4 heterocycles. The summed E-state index contributed by atoms with van der Waals surface area (Å²) in [7, 11) is 0. The van der Waals surface area contributed by atoms with Crippen LogP contribution < -0.4 is 0 Å². The van der Waals surface area contributed by atoms with E-state index in [0.717, 1.165) is 110 Å². The number of benzene rings is 8. The molecule has 0 unspecified atom stereocenters. The predicted molar refractivity (Wildman–Crippen MR) is 247 cm³/mol. The van der Waals surface area contributed by atoms with E-state index in [9.17, 15) is 0 Å². The van der Waals surface area contributed by atoms with Crippen molar-refractivity contribution in [3.05, 3.63) is 175 Å². The lowest BCUT2D eigenvalue weighted by Gasteiger charge is -2.13. The van der Waals surface area contributed by atoms with E-state index in [-0.39, 0.29) is 0 Å². The Morgan fingerprint density at radius 2 is 1.28 bits per heavy atom. The molecule has 0 fully saturated rings. The smallest absolute Gasteiger partial charge is 0.160 e. The first-order valence-electron chi connectivity index (χ1n) is 19.6. The Morgan fingerprint density at radius 1 is 0.586 bits per heavy atom. The number of rotatable bonds is 5. The SMILES string of the molecule is C=Cc1cc2c3c4ccccc4c4c5ccc6ccccc6c5oc4c3n(-c3ccc(-c4nc5sc6ccccc6c5nc4-c4ccccc4)cc3)c2cc1/C=C\C. The van der Waals surface area contributed by atoms with E-state index in [1.54, 1.807) is 11.3 Å². The third-order valence-electron chi connectivity index (χ3n) is 11.7. The average Bonchev–Trinajstić information content (AvgIpc) is 3.96. The average molecular weight is 760 g/mol. The van der Waals surface area contributed by atoms with Crippen LogP contribution in [0.5, 0.6) is 0 Å². The molecule has 272 valence electrons. The normalized spacial score (nSPS) is 12.2. The van der Waals surface area contributed by atoms with Crippen molar-refractivity contribution in [2.45, 2.75) is 6.92 Å². The van der Waals surface area contributed by atoms with Gasteiger partial charge in [-0.25, -0.2) is 9.97 Å². The lowest BCUT2D eigenvalue weighted by Crippen LogP contribution is -1.97. The van der Waals surface area contributed by atoms with Crippen LogP contribution in [0.25, 0.3) is 126 Å². The minimum absolute atomic E-state index is 0.863. The number of nitrogens with zero attached hydrogens (tertiary/aromatic N) is 3. The van der Waals surface area contributed by atoms with Crippen molar-refractivity contribution in [2.24, 2.45) is 0 Å². The maximum Gasteiger partial charge on any atom is 0.160 e. The zero-order chi connectivity index (χ0) is 38.5. The first-order valence-corrected chi connectivity index (χ1v) is 20.4. The van der Waals surface area contributed by atoms with E-state index in [0.29, 0.717) is 0 Å². The van der Waals surface area contributed by atoms with Crippen LogP contribution in [-0.4, -0.2) is 14.5 Å². The molecule has 0 N–H and O–H groups in total. The summed E-state index contributed by atoms with van der Waals surface area (Å²) < 4.78 is 10.7. The maximum absolute atomic E-state index is 7.16. The molecule has 0 saturated heterocycles. The second-order valence-electron chi connectivity index (χ2n) is 14.9. The molecule has 0 atom stereocenters. The number of hydrogen-bond acceptors (Lipinski definition) is 4. The second-order valence-corrected chi connectivity index (χ2v) is 15.9. The summed E-state index contributed by atoms with van der Waals surface area (Å²) >= 11 is 1.69. The molecule has 8 aromatic carbocycles. The summed E-state index contributed by atoms with van der Waals surface area (Å²) in [5.74, 6) is 0. The molecule has 5 heteroatoms. The Balaban J connectivity index is 1.18. The first-order chi connectivity index (χ1) is 28.7. The minimum Gasteiger partial charge on any atom is -0.453 e. The van der Waals surface area contributed by atoms with E-state index < -0.39 is 0 Å². The third-order valence-corrected chi connectivity index (χ3v) is 12.7. The highest BCUT2D eigenvalue weighted by Crippen LogP contribution is 2.48. The van der Waals surface area contributed by atoms with Gasteiger partial charge in [-0.1, -0.05) is 140 Å². The zero-order valence-electron chi connectivity index (χ0n) is 31.5. The van der Waals surface area contributed by atoms with Gasteiger partial charge >= 0.3 is 0 Å². The Kier molecular flexibility index (Phi) is 7.13. The third kappa shape index (κ3) is 4.68. The van der Waals surface area contributed by atoms with E-state index in [2.05, 4.69) is 176 Å². The van der Waals surface area contributed by atoms with Crippen molar-refractivity contribution in [3.8, 4) is 28.2 Å². The highest BCUT2D eigenvalue weighted by atomic mass is 32.1. The Morgan fingerprint density at radius 3 is 2.07 bits per heavy atom. The van der Waals surface area contributed by atoms with Crippen molar-refractivity contribution < 1.29 is 4.42 Å². The van der Waals surface area contributed by atoms with Gasteiger partial charge in [-0.05, 0) is 70.6 Å². The fraction of sp³-hybridized carbons (Fsp3) is 0.0189. The molecule has 4 aromatic heterocycles. The van der Waals surface area contributed by atoms with Crippen LogP contribution >= 0.6 is 11.3 Å². The van der Waals surface area contributed by atoms with E-state index in [1.165, 1.54) is 15.5 Å². The molecule has 0 bridgehead atoms. The van der Waals surface area contributed by atoms with E-state index >= 15 is 0 Å². The van der Waals surface area contributed by atoms with Gasteiger partial charge in [0.25, 0.3) is 0 Å². The highest BCUT2D eigenvalue weighted by Gasteiger charge is 2.25. The summed E-state index contributed by atoms with van der Waals surface area (Å²) in [5.41, 5.74) is 11.9. The number of furan rings is 1. The fourth-order valence-corrected chi connectivity index (χ4v) is 10.1. The standard InChI is InChI=1S/C53H33N3OS/c1-3-14-35-30-43-42(29-31(35)4-2)45-38-19-10-11-20-39(38)46-41-28-25-32-15-8-9-18-37(32)51(41)57-52(46)50(45)56(43)36-26-23-34(24-27-36)48-47(33-16-6-5-7-17-33)54-49-40-21-12-13-22-44(40)58-53(49)55-48/h3-30H,2H2,1H3/b14-3-. The van der Waals surface area contributed by atoms with Gasteiger partial charge < -0.3 is 8.98 Å². The summed E-state index contributed by atoms with van der Waals surface area (Å²) in [4.78, 5) is 11.6. The van der Waals surface area contributed by atoms with Crippen molar-refractivity contribution in [1.29, 1.82) is 0 Å². The fourth-order valence-electron chi connectivity index (χ4n) is 9.09. The topological polar surface area (TPSA) is 43.9 Å². The van der Waals surface area contributed by atoms with Crippen LogP contribution in [0.2, 0.25) is 0 Å². The molecule has 0 amide bonds. The predicted octanol–water partition coefficient (Wildman–Crippen LogP) is 15.2. The Hall–Kier alpha value is -7.34. The Labute approximate surface area is 337 Å². The zero-order valence-corrected chi connectivity index (χ0v) is 32.3. The number of allylic oxidation sites excluding steroid dienone is 1. The molecule has 0 radical (unpaired) electrons. The van der Waals surface area contributed by atoms with Crippen molar-refractivity contribution >= 4 is 109 Å². The summed E-state index contributed by atoms with van der Waals surface area (Å²) in [6.45, 7) is 6.28. The molecular weight excluding hydrogens is 727 g/mol. The molecule has 0 spiro atoms. The van der Waals surface area contributed by atoms with Crippen LogP contribution in [0.4, 0.5) is 0 Å². The molecule has 0 aliphatic rings. The minimum atomic E-state index is 0.863. The number of thiophene rings is 1. The Bertz CT molecular complexity index is 3700. The van der Waals surface area contributed by atoms with Crippen molar-refractivity contribution in [1.82, 2.24) is 14.5 Å². The lowest BCUT2D eigenvalue weighted by atomic mass is 9.96. The second kappa shape index (κ2) is 12.6. The summed E-state index contributed by atoms with van der Waals surface area (Å²) in [5, 5.41) is 10.3. The quantitative estimate of drug-likeness (QED) is 0.175. The van der Waals surface area contributed by atoms with Gasteiger partial charge in [0, 0.05) is 53.8 Å². The van der Waals surface area contributed by atoms with Gasteiger partial charge in [0.15, 0.2) is 5.58 Å². The van der Waals surface area contributed by atoms with Crippen LogP contribution in [0.1, 0.15) is 18.1 Å². The molecule has 0 aliphatic carbocycles. The van der Waals surface area contributed by atoms with Gasteiger partial charge in [-0.3, -0.25) is 0 Å². The number of hydrogen-bond donors (Lipinski definition) is 0. The molecule has 0 saturated carbocycles. The van der Waals surface area contributed by atoms with Crippen LogP contribution in [0.15, 0.2) is 169 Å². The molecule has 12 aromatic rings. The molecule has 12 rings (SSSR count). The van der Waals surface area contributed by atoms with Gasteiger partial charge in [0.05, 0.1) is 22.4 Å². The van der Waals surface area contributed by atoms with Crippen molar-refractivity contribution in [2.75, 3.05) is 0 Å². The van der Waals surface area contributed by atoms with Crippen LogP contribution in [0.3, 0.4) is 0 Å². The van der Waals surface area contributed by atoms with Gasteiger partial charge in [-0.15, -0.1) is 11.3 Å². The highest BCUT2D eigenvalue weighted by molar-refractivity contribution is 7.25. The summed E-state index contributed by atoms with van der Waals surface area (Å²) in [6, 6.07) is 53.9. The molecule has 58 heavy (non-hydrogen) atoms. The van der Waals surface area contributed by atoms with Gasteiger partial charge in [-0.2, -0.15) is 0 Å². The number of aromatic nitrogens is 3. The summed E-state index contributed by atoms with van der Waals surface area (Å²) in [6.07, 6.45) is 6.21. The molecular formula is C53H33N3OS. The number of fused-ring (bicyclic) bond motifs is 15. The van der Waals surface area contributed by atoms with Crippen LogP contribution in [-0.2, 0) is 0 Å². The largest absolute Gasteiger partial charge is 0.453 e. The lowest BCUT2D eigenvalue weighted by molar-refractivity contribution is 0.675. The molecule has 4 nitrogen and oxygen atoms in total. The van der Waals surface area contributed by atoms with Crippen molar-refractivity contribution in [3.63, 3.8) is 0 Å². The molecule has 0 aliphatic heterocycles. The van der Waals surface area contributed by atoms with E-state index in [1.807, 2.05) is 12.1 Å². The van der Waals surface area contributed by atoms with E-state index in [4.69, 9.17) is 14.4 Å². The van der Waals surface area contributed by atoms with Crippen LogP contribution in [0, 0.1) is 0 Å². The van der Waals surface area contributed by atoms with Gasteiger partial charge in [0.2, 0.25) is 0 Å². The first kappa shape index (κ1) is 32.9.